The van der Waals surface area contributed by atoms with Crippen molar-refractivity contribution in [3.63, 3.8) is 0 Å². The van der Waals surface area contributed by atoms with E-state index in [1.165, 1.54) is 19.4 Å². The van der Waals surface area contributed by atoms with Crippen molar-refractivity contribution < 1.29 is 4.79 Å². The Morgan fingerprint density at radius 1 is 1.41 bits per heavy atom. The molecule has 2 N–H and O–H groups in total. The van der Waals surface area contributed by atoms with Crippen molar-refractivity contribution in [2.45, 2.75) is 38.6 Å². The van der Waals surface area contributed by atoms with Gasteiger partial charge >= 0.3 is 0 Å². The van der Waals surface area contributed by atoms with Crippen LogP contribution in [0, 0.1) is 5.92 Å². The average Bonchev–Trinajstić information content (AvgIpc) is 2.84. The molecule has 2 saturated heterocycles. The first-order valence-electron chi connectivity index (χ1n) is 7.03. The van der Waals surface area contributed by atoms with Gasteiger partial charge in [0.25, 0.3) is 0 Å². The van der Waals surface area contributed by atoms with E-state index >= 15 is 0 Å². The Morgan fingerprint density at radius 2 is 2.29 bits per heavy atom. The minimum absolute atomic E-state index is 0.195. The van der Waals surface area contributed by atoms with E-state index in [-0.39, 0.29) is 11.8 Å². The van der Waals surface area contributed by atoms with Crippen molar-refractivity contribution in [1.29, 1.82) is 0 Å². The number of nitrogens with zero attached hydrogens (tertiary/aromatic N) is 1. The van der Waals surface area contributed by atoms with Gasteiger partial charge in [-0.25, -0.2) is 0 Å². The number of hydrogen-bond acceptors (Lipinski definition) is 3. The van der Waals surface area contributed by atoms with Crippen molar-refractivity contribution in [3.8, 4) is 0 Å². The summed E-state index contributed by atoms with van der Waals surface area (Å²) in [6.07, 6.45) is 4.68. The molecule has 2 rings (SSSR count). The van der Waals surface area contributed by atoms with E-state index in [1.54, 1.807) is 0 Å². The molecule has 98 valence electrons. The average molecular weight is 239 g/mol. The third-order valence-electron chi connectivity index (χ3n) is 4.08. The van der Waals surface area contributed by atoms with Crippen LogP contribution < -0.4 is 10.6 Å². The Bertz CT molecular complexity index is 251. The van der Waals surface area contributed by atoms with Gasteiger partial charge in [0, 0.05) is 19.1 Å². The van der Waals surface area contributed by atoms with Gasteiger partial charge in [0.05, 0.1) is 5.92 Å². The number of likely N-dealkylation sites (tertiary alicyclic amines) is 1. The molecule has 0 radical (unpaired) electrons. The highest BCUT2D eigenvalue weighted by atomic mass is 16.1. The number of hydrogen-bond donors (Lipinski definition) is 2. The molecule has 2 aliphatic rings. The zero-order valence-corrected chi connectivity index (χ0v) is 10.9. The molecule has 4 nitrogen and oxygen atoms in total. The molecule has 2 fully saturated rings. The Morgan fingerprint density at radius 3 is 3.00 bits per heavy atom. The number of amides is 1. The second-order valence-corrected chi connectivity index (χ2v) is 5.21. The molecule has 0 spiro atoms. The summed E-state index contributed by atoms with van der Waals surface area (Å²) >= 11 is 0. The molecule has 0 bridgehead atoms. The highest BCUT2D eigenvalue weighted by molar-refractivity contribution is 5.79. The van der Waals surface area contributed by atoms with Gasteiger partial charge in [0.1, 0.15) is 0 Å². The number of carbonyl (C=O) groups excluding carboxylic acids is 1. The lowest BCUT2D eigenvalue weighted by Gasteiger charge is -2.26. The fourth-order valence-corrected chi connectivity index (χ4v) is 2.98. The van der Waals surface area contributed by atoms with Gasteiger partial charge in [0.2, 0.25) is 5.91 Å². The molecule has 0 aromatic heterocycles. The predicted molar refractivity (Wildman–Crippen MR) is 68.9 cm³/mol. The monoisotopic (exact) mass is 239 g/mol. The van der Waals surface area contributed by atoms with Crippen LogP contribution in [-0.2, 0) is 4.79 Å². The third kappa shape index (κ3) is 3.42. The maximum absolute atomic E-state index is 12.0. The molecule has 0 aromatic rings. The van der Waals surface area contributed by atoms with Crippen molar-refractivity contribution in [2.24, 2.45) is 5.92 Å². The molecule has 2 aliphatic heterocycles. The smallest absolute Gasteiger partial charge is 0.224 e. The Balaban J connectivity index is 1.71. The first-order valence-corrected chi connectivity index (χ1v) is 7.03. The maximum atomic E-state index is 12.0. The van der Waals surface area contributed by atoms with Crippen molar-refractivity contribution >= 4 is 5.91 Å². The van der Waals surface area contributed by atoms with Gasteiger partial charge in [-0.1, -0.05) is 6.92 Å². The molecule has 2 heterocycles. The van der Waals surface area contributed by atoms with E-state index in [4.69, 9.17) is 0 Å². The summed E-state index contributed by atoms with van der Waals surface area (Å²) in [4.78, 5) is 14.5. The normalized spacial score (nSPS) is 30.4. The summed E-state index contributed by atoms with van der Waals surface area (Å²) in [7, 11) is 0. The van der Waals surface area contributed by atoms with Crippen LogP contribution in [0.2, 0.25) is 0 Å². The van der Waals surface area contributed by atoms with E-state index < -0.39 is 0 Å². The summed E-state index contributed by atoms with van der Waals surface area (Å²) in [5.74, 6) is 0.445. The molecule has 0 aliphatic carbocycles. The van der Waals surface area contributed by atoms with Crippen LogP contribution in [0.25, 0.3) is 0 Å². The highest BCUT2D eigenvalue weighted by Crippen LogP contribution is 2.16. The fourth-order valence-electron chi connectivity index (χ4n) is 2.98. The lowest BCUT2D eigenvalue weighted by molar-refractivity contribution is -0.125. The summed E-state index contributed by atoms with van der Waals surface area (Å²) in [5.41, 5.74) is 0. The van der Waals surface area contributed by atoms with Gasteiger partial charge in [-0.05, 0) is 45.3 Å². The molecule has 1 amide bonds. The summed E-state index contributed by atoms with van der Waals surface area (Å²) in [5, 5.41) is 6.43. The van der Waals surface area contributed by atoms with Crippen molar-refractivity contribution in [3.05, 3.63) is 0 Å². The number of rotatable bonds is 4. The van der Waals surface area contributed by atoms with E-state index in [1.807, 2.05) is 0 Å². The molecule has 2 atom stereocenters. The molecule has 4 heteroatoms. The number of likely N-dealkylation sites (N-methyl/N-ethyl adjacent to an activating group) is 1. The van der Waals surface area contributed by atoms with Crippen LogP contribution in [0.4, 0.5) is 0 Å². The van der Waals surface area contributed by atoms with Crippen LogP contribution >= 0.6 is 0 Å². The van der Waals surface area contributed by atoms with Gasteiger partial charge in [-0.3, -0.25) is 9.69 Å². The van der Waals surface area contributed by atoms with Crippen molar-refractivity contribution in [2.75, 3.05) is 32.7 Å². The number of piperidine rings is 1. The fraction of sp³-hybridized carbons (Fsp3) is 0.923. The van der Waals surface area contributed by atoms with Crippen molar-refractivity contribution in [1.82, 2.24) is 15.5 Å². The van der Waals surface area contributed by atoms with E-state index in [0.717, 1.165) is 39.0 Å². The van der Waals surface area contributed by atoms with E-state index in [0.29, 0.717) is 6.04 Å². The lowest BCUT2D eigenvalue weighted by atomic mass is 9.99. The molecular formula is C13H25N3O. The Kier molecular flexibility index (Phi) is 4.80. The molecule has 17 heavy (non-hydrogen) atoms. The summed E-state index contributed by atoms with van der Waals surface area (Å²) in [6, 6.07) is 0.570. The first-order chi connectivity index (χ1) is 8.31. The van der Waals surface area contributed by atoms with Crippen LogP contribution in [-0.4, -0.2) is 49.6 Å². The van der Waals surface area contributed by atoms with Gasteiger partial charge in [-0.2, -0.15) is 0 Å². The van der Waals surface area contributed by atoms with Gasteiger partial charge < -0.3 is 10.6 Å². The first kappa shape index (κ1) is 12.8. The summed E-state index contributed by atoms with van der Waals surface area (Å²) in [6.45, 7) is 7.26. The van der Waals surface area contributed by atoms with E-state index in [9.17, 15) is 4.79 Å². The minimum Gasteiger partial charge on any atom is -0.354 e. The lowest BCUT2D eigenvalue weighted by Crippen LogP contribution is -2.45. The zero-order valence-electron chi connectivity index (χ0n) is 10.9. The zero-order chi connectivity index (χ0) is 12.1. The van der Waals surface area contributed by atoms with Crippen LogP contribution in [0.1, 0.15) is 32.6 Å². The Hall–Kier alpha value is -0.610. The molecule has 0 unspecified atom stereocenters. The maximum Gasteiger partial charge on any atom is 0.224 e. The highest BCUT2D eigenvalue weighted by Gasteiger charge is 2.25. The topological polar surface area (TPSA) is 44.4 Å². The van der Waals surface area contributed by atoms with Gasteiger partial charge in [-0.15, -0.1) is 0 Å². The Labute approximate surface area is 104 Å². The SMILES string of the molecule is CCN1CCC[C@@H]1CNC(=O)[C@H]1CCCNC1. The predicted octanol–water partition coefficient (Wildman–Crippen LogP) is 0.587. The van der Waals surface area contributed by atoms with Gasteiger partial charge in [0.15, 0.2) is 0 Å². The largest absolute Gasteiger partial charge is 0.354 e. The van der Waals surface area contributed by atoms with Crippen LogP contribution in [0.3, 0.4) is 0 Å². The molecule has 0 saturated carbocycles. The summed E-state index contributed by atoms with van der Waals surface area (Å²) < 4.78 is 0. The van der Waals surface area contributed by atoms with Crippen LogP contribution in [0.5, 0.6) is 0 Å². The standard InChI is InChI=1S/C13H25N3O/c1-2-16-8-4-6-12(16)10-15-13(17)11-5-3-7-14-9-11/h11-12,14H,2-10H2,1H3,(H,15,17)/t11-,12+/m0/s1. The number of nitrogens with one attached hydrogen (secondary N) is 2. The number of carbonyl (C=O) groups is 1. The minimum atomic E-state index is 0.195. The second kappa shape index (κ2) is 6.36. The van der Waals surface area contributed by atoms with E-state index in [2.05, 4.69) is 22.5 Å². The second-order valence-electron chi connectivity index (χ2n) is 5.21. The quantitative estimate of drug-likeness (QED) is 0.754. The third-order valence-corrected chi connectivity index (χ3v) is 4.08. The molecule has 0 aromatic carbocycles. The van der Waals surface area contributed by atoms with Crippen LogP contribution in [0.15, 0.2) is 0 Å². The molecular weight excluding hydrogens is 214 g/mol.